The van der Waals surface area contributed by atoms with E-state index in [9.17, 15) is 5.11 Å². The first-order valence-corrected chi connectivity index (χ1v) is 6.25. The molecule has 1 heteroatoms. The third kappa shape index (κ3) is 1.49. The molecule has 1 saturated carbocycles. The van der Waals surface area contributed by atoms with Crippen molar-refractivity contribution in [2.45, 2.75) is 52.6 Å². The topological polar surface area (TPSA) is 20.2 Å². The summed E-state index contributed by atoms with van der Waals surface area (Å²) < 4.78 is 0. The smallest absolute Gasteiger partial charge is 0.0605 e. The largest absolute Gasteiger partial charge is 0.393 e. The lowest BCUT2D eigenvalue weighted by Crippen LogP contribution is -2.49. The Morgan fingerprint density at radius 3 is 2.62 bits per heavy atom. The highest BCUT2D eigenvalue weighted by Gasteiger charge is 2.50. The van der Waals surface area contributed by atoms with Crippen LogP contribution in [0.5, 0.6) is 0 Å². The minimum absolute atomic E-state index is 0.0819. The lowest BCUT2D eigenvalue weighted by Gasteiger charge is -2.52. The third-order valence-corrected chi connectivity index (χ3v) is 4.80. The van der Waals surface area contributed by atoms with E-state index >= 15 is 0 Å². The maximum Gasteiger partial charge on any atom is 0.0605 e. The van der Waals surface area contributed by atoms with Gasteiger partial charge in [0.25, 0.3) is 0 Å². The summed E-state index contributed by atoms with van der Waals surface area (Å²) in [7, 11) is 0. The van der Waals surface area contributed by atoms with Gasteiger partial charge in [-0.15, -0.1) is 0 Å². The molecule has 0 bridgehead atoms. The van der Waals surface area contributed by atoms with Crippen LogP contribution in [0.1, 0.15) is 49.3 Å². The molecule has 0 spiro atoms. The van der Waals surface area contributed by atoms with E-state index < -0.39 is 0 Å². The van der Waals surface area contributed by atoms with E-state index in [1.807, 2.05) is 0 Å². The molecule has 0 saturated heterocycles. The van der Waals surface area contributed by atoms with Crippen molar-refractivity contribution in [2.24, 2.45) is 5.41 Å². The maximum absolute atomic E-state index is 9.96. The highest BCUT2D eigenvalue weighted by atomic mass is 16.3. The molecule has 1 aromatic carbocycles. The average molecular weight is 218 g/mol. The van der Waals surface area contributed by atoms with Gasteiger partial charge in [0.2, 0.25) is 0 Å². The number of hydrogen-bond acceptors (Lipinski definition) is 1. The van der Waals surface area contributed by atoms with Crippen molar-refractivity contribution in [3.8, 4) is 0 Å². The van der Waals surface area contributed by atoms with Gasteiger partial charge < -0.3 is 5.11 Å². The summed E-state index contributed by atoms with van der Waals surface area (Å²) in [6.45, 7) is 8.76. The molecule has 16 heavy (non-hydrogen) atoms. The molecule has 1 fully saturated rings. The number of aliphatic hydroxyl groups is 1. The molecule has 1 aliphatic carbocycles. The molecule has 1 nitrogen and oxygen atoms in total. The third-order valence-electron chi connectivity index (χ3n) is 4.80. The average Bonchev–Trinajstić information content (AvgIpc) is 2.29. The second-order valence-electron chi connectivity index (χ2n) is 5.45. The van der Waals surface area contributed by atoms with Crippen LogP contribution >= 0.6 is 0 Å². The Labute approximate surface area is 98.5 Å². The Balaban J connectivity index is 2.36. The molecule has 3 unspecified atom stereocenters. The molecule has 1 N–H and O–H groups in total. The highest BCUT2D eigenvalue weighted by molar-refractivity contribution is 5.38. The second-order valence-corrected chi connectivity index (χ2v) is 5.45. The number of benzene rings is 1. The van der Waals surface area contributed by atoms with Crippen LogP contribution in [0.15, 0.2) is 18.2 Å². The lowest BCUT2D eigenvalue weighted by atomic mass is 9.55. The molecule has 0 heterocycles. The van der Waals surface area contributed by atoms with Crippen LogP contribution in [0.4, 0.5) is 0 Å². The number of rotatable bonds is 2. The van der Waals surface area contributed by atoms with Crippen molar-refractivity contribution in [3.05, 3.63) is 34.9 Å². The molecule has 0 aromatic heterocycles. The van der Waals surface area contributed by atoms with E-state index in [-0.39, 0.29) is 11.5 Å². The Bertz CT molecular complexity index is 396. The Morgan fingerprint density at radius 2 is 2.06 bits per heavy atom. The van der Waals surface area contributed by atoms with Gasteiger partial charge >= 0.3 is 0 Å². The zero-order chi connectivity index (χ0) is 11.9. The van der Waals surface area contributed by atoms with Crippen molar-refractivity contribution in [2.75, 3.05) is 0 Å². The van der Waals surface area contributed by atoms with E-state index in [2.05, 4.69) is 45.9 Å². The quantitative estimate of drug-likeness (QED) is 0.804. The zero-order valence-corrected chi connectivity index (χ0v) is 10.7. The SMILES string of the molecule is CCC1(C)C(O)CC1c1cccc(C)c1C. The van der Waals surface area contributed by atoms with E-state index in [0.717, 1.165) is 12.8 Å². The van der Waals surface area contributed by atoms with Crippen LogP contribution in [0.2, 0.25) is 0 Å². The van der Waals surface area contributed by atoms with Crippen molar-refractivity contribution in [1.82, 2.24) is 0 Å². The van der Waals surface area contributed by atoms with Crippen LogP contribution in [-0.4, -0.2) is 11.2 Å². The van der Waals surface area contributed by atoms with Gasteiger partial charge in [-0.2, -0.15) is 0 Å². The molecule has 88 valence electrons. The molecule has 0 aliphatic heterocycles. The lowest BCUT2D eigenvalue weighted by molar-refractivity contribution is -0.0779. The number of hydrogen-bond donors (Lipinski definition) is 1. The Morgan fingerprint density at radius 1 is 1.38 bits per heavy atom. The van der Waals surface area contributed by atoms with Gasteiger partial charge in [-0.1, -0.05) is 32.0 Å². The summed E-state index contributed by atoms with van der Waals surface area (Å²) in [4.78, 5) is 0. The molecular weight excluding hydrogens is 196 g/mol. The van der Waals surface area contributed by atoms with Gasteiger partial charge in [0.1, 0.15) is 0 Å². The van der Waals surface area contributed by atoms with E-state index in [4.69, 9.17) is 0 Å². The van der Waals surface area contributed by atoms with E-state index in [0.29, 0.717) is 5.92 Å². The maximum atomic E-state index is 9.96. The molecule has 3 atom stereocenters. The summed E-state index contributed by atoms with van der Waals surface area (Å²) in [6.07, 6.45) is 1.85. The van der Waals surface area contributed by atoms with Crippen LogP contribution in [0.25, 0.3) is 0 Å². The molecular formula is C15H22O. The Kier molecular flexibility index (Phi) is 2.83. The van der Waals surface area contributed by atoms with Gasteiger partial charge in [0.05, 0.1) is 6.10 Å². The molecule has 1 aromatic rings. The predicted molar refractivity (Wildman–Crippen MR) is 67.7 cm³/mol. The number of aliphatic hydroxyl groups excluding tert-OH is 1. The van der Waals surface area contributed by atoms with Gasteiger partial charge in [-0.25, -0.2) is 0 Å². The summed E-state index contributed by atoms with van der Waals surface area (Å²) in [5.74, 6) is 0.535. The molecule has 0 amide bonds. The first kappa shape index (κ1) is 11.7. The van der Waals surface area contributed by atoms with Gasteiger partial charge in [0, 0.05) is 5.41 Å². The van der Waals surface area contributed by atoms with E-state index in [1.165, 1.54) is 16.7 Å². The van der Waals surface area contributed by atoms with Crippen molar-refractivity contribution < 1.29 is 5.11 Å². The molecule has 2 rings (SSSR count). The van der Waals surface area contributed by atoms with E-state index in [1.54, 1.807) is 0 Å². The summed E-state index contributed by atoms with van der Waals surface area (Å²) >= 11 is 0. The minimum Gasteiger partial charge on any atom is -0.393 e. The highest BCUT2D eigenvalue weighted by Crippen LogP contribution is 2.55. The summed E-state index contributed by atoms with van der Waals surface area (Å²) in [6, 6.07) is 6.53. The minimum atomic E-state index is -0.123. The first-order valence-electron chi connectivity index (χ1n) is 6.25. The fourth-order valence-corrected chi connectivity index (χ4v) is 2.95. The number of aryl methyl sites for hydroxylation is 1. The van der Waals surface area contributed by atoms with Crippen molar-refractivity contribution in [3.63, 3.8) is 0 Å². The van der Waals surface area contributed by atoms with Crippen LogP contribution in [0.3, 0.4) is 0 Å². The predicted octanol–water partition coefficient (Wildman–Crippen LogP) is 3.57. The fraction of sp³-hybridized carbons (Fsp3) is 0.600. The molecule has 0 radical (unpaired) electrons. The monoisotopic (exact) mass is 218 g/mol. The Hall–Kier alpha value is -0.820. The van der Waals surface area contributed by atoms with Gasteiger partial charge in [-0.05, 0) is 49.3 Å². The van der Waals surface area contributed by atoms with Crippen LogP contribution in [0, 0.1) is 19.3 Å². The fourth-order valence-electron chi connectivity index (χ4n) is 2.95. The van der Waals surface area contributed by atoms with Crippen molar-refractivity contribution in [1.29, 1.82) is 0 Å². The second kappa shape index (κ2) is 3.89. The first-order chi connectivity index (χ1) is 7.50. The zero-order valence-electron chi connectivity index (χ0n) is 10.7. The van der Waals surface area contributed by atoms with Crippen molar-refractivity contribution >= 4 is 0 Å². The van der Waals surface area contributed by atoms with Crippen LogP contribution < -0.4 is 0 Å². The van der Waals surface area contributed by atoms with Crippen LogP contribution in [-0.2, 0) is 0 Å². The summed E-state index contributed by atoms with van der Waals surface area (Å²) in [5, 5.41) is 9.96. The molecule has 1 aliphatic rings. The normalized spacial score (nSPS) is 33.6. The standard InChI is InChI=1S/C15H22O/c1-5-15(4)13(9-14(15)16)12-8-6-7-10(2)11(12)3/h6-8,13-14,16H,5,9H2,1-4H3. The summed E-state index contributed by atoms with van der Waals surface area (Å²) in [5.41, 5.74) is 4.28. The van der Waals surface area contributed by atoms with Gasteiger partial charge in [0.15, 0.2) is 0 Å². The van der Waals surface area contributed by atoms with Gasteiger partial charge in [-0.3, -0.25) is 0 Å².